The summed E-state index contributed by atoms with van der Waals surface area (Å²) in [6, 6.07) is 3.74. The maximum atomic E-state index is 10.6. The van der Waals surface area contributed by atoms with Gasteiger partial charge in [0.25, 0.3) is 0 Å². The van der Waals surface area contributed by atoms with Crippen molar-refractivity contribution in [2.75, 3.05) is 37.8 Å². The highest BCUT2D eigenvalue weighted by atomic mass is 35.5. The van der Waals surface area contributed by atoms with E-state index in [2.05, 4.69) is 29.1 Å². The van der Waals surface area contributed by atoms with Gasteiger partial charge in [-0.2, -0.15) is 0 Å². The van der Waals surface area contributed by atoms with E-state index in [9.17, 15) is 4.91 Å². The third kappa shape index (κ3) is 2.98. The van der Waals surface area contributed by atoms with E-state index in [-0.39, 0.29) is 5.69 Å². The molecular formula is C13H19ClN4O. The topological polar surface area (TPSA) is 61.9 Å². The van der Waals surface area contributed by atoms with Gasteiger partial charge in [0.2, 0.25) is 0 Å². The second-order valence-electron chi connectivity index (χ2n) is 5.21. The van der Waals surface area contributed by atoms with Gasteiger partial charge in [0.1, 0.15) is 5.69 Å². The molecule has 0 spiro atoms. The highest BCUT2D eigenvalue weighted by molar-refractivity contribution is 6.33. The number of hydrogen-bond acceptors (Lipinski definition) is 5. The van der Waals surface area contributed by atoms with Crippen LogP contribution in [-0.4, -0.2) is 38.1 Å². The molecule has 1 aliphatic heterocycles. The molecule has 1 heterocycles. The molecule has 0 aliphatic carbocycles. The number of nitroso groups, excluding NO2 is 1. The minimum Gasteiger partial charge on any atom is -0.397 e. The van der Waals surface area contributed by atoms with Gasteiger partial charge in [0.15, 0.2) is 0 Å². The number of halogens is 1. The molecule has 1 aromatic carbocycles. The Hall–Kier alpha value is -1.33. The van der Waals surface area contributed by atoms with E-state index in [1.165, 1.54) is 0 Å². The zero-order valence-electron chi connectivity index (χ0n) is 11.3. The molecular weight excluding hydrogens is 264 g/mol. The van der Waals surface area contributed by atoms with Crippen molar-refractivity contribution in [1.29, 1.82) is 0 Å². The van der Waals surface area contributed by atoms with Crippen molar-refractivity contribution in [2.24, 2.45) is 5.18 Å². The molecule has 0 radical (unpaired) electrons. The van der Waals surface area contributed by atoms with Crippen LogP contribution >= 0.6 is 11.6 Å². The number of nitrogens with two attached hydrogens (primary N) is 1. The molecule has 0 bridgehead atoms. The maximum absolute atomic E-state index is 10.6. The molecule has 2 N–H and O–H groups in total. The summed E-state index contributed by atoms with van der Waals surface area (Å²) in [4.78, 5) is 15.1. The lowest BCUT2D eigenvalue weighted by Crippen LogP contribution is -2.37. The van der Waals surface area contributed by atoms with Crippen LogP contribution in [0.1, 0.15) is 12.8 Å². The van der Waals surface area contributed by atoms with Gasteiger partial charge in [-0.1, -0.05) is 11.6 Å². The Morgan fingerprint density at radius 1 is 1.53 bits per heavy atom. The molecule has 6 heteroatoms. The van der Waals surface area contributed by atoms with Gasteiger partial charge in [0, 0.05) is 19.1 Å². The van der Waals surface area contributed by atoms with Crippen LogP contribution in [0.3, 0.4) is 0 Å². The second-order valence-corrected chi connectivity index (χ2v) is 5.61. The summed E-state index contributed by atoms with van der Waals surface area (Å²) in [6.07, 6.45) is 2.28. The van der Waals surface area contributed by atoms with E-state index < -0.39 is 0 Å². The number of nitrogen functional groups attached to an aromatic ring is 1. The molecule has 0 saturated carbocycles. The lowest BCUT2D eigenvalue weighted by molar-refractivity contribution is 0.372. The standard InChI is InChI=1S/C13H19ClN4O/c1-17(2)8-9-4-3-5-18(9)13-7-11(15)12(16-19)6-10(13)14/h6-7,9H,3-5,8,15H2,1-2H3. The third-order valence-corrected chi connectivity index (χ3v) is 3.76. The first-order valence-electron chi connectivity index (χ1n) is 6.36. The van der Waals surface area contributed by atoms with Crippen molar-refractivity contribution in [1.82, 2.24) is 4.90 Å². The monoisotopic (exact) mass is 282 g/mol. The molecule has 1 unspecified atom stereocenters. The highest BCUT2D eigenvalue weighted by Crippen LogP contribution is 2.38. The molecule has 104 valence electrons. The molecule has 0 amide bonds. The summed E-state index contributed by atoms with van der Waals surface area (Å²) in [5.74, 6) is 0. The van der Waals surface area contributed by atoms with E-state index in [4.69, 9.17) is 17.3 Å². The summed E-state index contributed by atoms with van der Waals surface area (Å²) in [5.41, 5.74) is 7.31. The van der Waals surface area contributed by atoms with Gasteiger partial charge in [-0.25, -0.2) is 0 Å². The van der Waals surface area contributed by atoms with Gasteiger partial charge >= 0.3 is 0 Å². The Bertz CT molecular complexity index is 478. The first kappa shape index (κ1) is 14.1. The summed E-state index contributed by atoms with van der Waals surface area (Å²) in [5, 5.41) is 3.42. The van der Waals surface area contributed by atoms with Crippen molar-refractivity contribution in [3.05, 3.63) is 22.1 Å². The number of rotatable bonds is 4. The van der Waals surface area contributed by atoms with Gasteiger partial charge in [-0.15, -0.1) is 4.91 Å². The fourth-order valence-electron chi connectivity index (χ4n) is 2.63. The molecule has 1 saturated heterocycles. The predicted octanol–water partition coefficient (Wildman–Crippen LogP) is 2.85. The lowest BCUT2D eigenvalue weighted by Gasteiger charge is -2.30. The number of benzene rings is 1. The molecule has 5 nitrogen and oxygen atoms in total. The van der Waals surface area contributed by atoms with Crippen LogP contribution in [0, 0.1) is 4.91 Å². The molecule has 1 aromatic rings. The Morgan fingerprint density at radius 2 is 2.26 bits per heavy atom. The number of anilines is 2. The third-order valence-electron chi connectivity index (χ3n) is 3.46. The normalized spacial score (nSPS) is 19.2. The van der Waals surface area contributed by atoms with Crippen molar-refractivity contribution in [3.63, 3.8) is 0 Å². The quantitative estimate of drug-likeness (QED) is 0.681. The maximum Gasteiger partial charge on any atom is 0.132 e. The lowest BCUT2D eigenvalue weighted by atomic mass is 10.2. The smallest absolute Gasteiger partial charge is 0.132 e. The minimum atomic E-state index is 0.206. The Balaban J connectivity index is 2.30. The van der Waals surface area contributed by atoms with E-state index in [0.29, 0.717) is 16.8 Å². The van der Waals surface area contributed by atoms with Crippen LogP contribution in [0.5, 0.6) is 0 Å². The van der Waals surface area contributed by atoms with Crippen LogP contribution < -0.4 is 10.6 Å². The largest absolute Gasteiger partial charge is 0.397 e. The van der Waals surface area contributed by atoms with Crippen molar-refractivity contribution in [2.45, 2.75) is 18.9 Å². The summed E-state index contributed by atoms with van der Waals surface area (Å²) in [7, 11) is 4.12. The van der Waals surface area contributed by atoms with Crippen LogP contribution in [0.4, 0.5) is 17.1 Å². The van der Waals surface area contributed by atoms with Crippen molar-refractivity contribution in [3.8, 4) is 0 Å². The molecule has 1 aliphatic rings. The van der Waals surface area contributed by atoms with E-state index in [1.807, 2.05) is 0 Å². The van der Waals surface area contributed by atoms with E-state index >= 15 is 0 Å². The fourth-order valence-corrected chi connectivity index (χ4v) is 2.90. The first-order valence-corrected chi connectivity index (χ1v) is 6.74. The Kier molecular flexibility index (Phi) is 4.27. The van der Waals surface area contributed by atoms with Gasteiger partial charge < -0.3 is 15.5 Å². The summed E-state index contributed by atoms with van der Waals surface area (Å²) in [6.45, 7) is 1.94. The van der Waals surface area contributed by atoms with Crippen LogP contribution in [0.2, 0.25) is 5.02 Å². The zero-order valence-corrected chi connectivity index (χ0v) is 12.0. The summed E-state index contributed by atoms with van der Waals surface area (Å²) >= 11 is 6.25. The molecule has 1 fully saturated rings. The van der Waals surface area contributed by atoms with E-state index in [0.717, 1.165) is 31.6 Å². The fraction of sp³-hybridized carbons (Fsp3) is 0.538. The SMILES string of the molecule is CN(C)CC1CCCN1c1cc(N)c(N=O)cc1Cl. The number of likely N-dealkylation sites (N-methyl/N-ethyl adjacent to an activating group) is 1. The second kappa shape index (κ2) is 5.75. The van der Waals surface area contributed by atoms with E-state index in [1.54, 1.807) is 12.1 Å². The first-order chi connectivity index (χ1) is 9.02. The minimum absolute atomic E-state index is 0.206. The average molecular weight is 283 g/mol. The van der Waals surface area contributed by atoms with Crippen LogP contribution in [-0.2, 0) is 0 Å². The Morgan fingerprint density at radius 3 is 2.89 bits per heavy atom. The van der Waals surface area contributed by atoms with Gasteiger partial charge in [-0.3, -0.25) is 0 Å². The van der Waals surface area contributed by atoms with Gasteiger partial charge in [-0.05, 0) is 44.2 Å². The number of hydrogen-bond donors (Lipinski definition) is 1. The van der Waals surface area contributed by atoms with Gasteiger partial charge in [0.05, 0.1) is 16.4 Å². The highest BCUT2D eigenvalue weighted by Gasteiger charge is 2.27. The molecule has 1 atom stereocenters. The zero-order chi connectivity index (χ0) is 14.0. The predicted molar refractivity (Wildman–Crippen MR) is 80.2 cm³/mol. The Labute approximate surface area is 118 Å². The van der Waals surface area contributed by atoms with Crippen LogP contribution in [0.15, 0.2) is 17.3 Å². The molecule has 19 heavy (non-hydrogen) atoms. The van der Waals surface area contributed by atoms with Crippen molar-refractivity contribution >= 4 is 28.7 Å². The average Bonchev–Trinajstić information content (AvgIpc) is 2.78. The van der Waals surface area contributed by atoms with Crippen molar-refractivity contribution < 1.29 is 0 Å². The number of nitrogens with zero attached hydrogens (tertiary/aromatic N) is 3. The summed E-state index contributed by atoms with van der Waals surface area (Å²) < 4.78 is 0. The molecule has 0 aromatic heterocycles. The molecule has 2 rings (SSSR count). The van der Waals surface area contributed by atoms with Crippen LogP contribution in [0.25, 0.3) is 0 Å².